The van der Waals surface area contributed by atoms with Crippen LogP contribution in [0.3, 0.4) is 0 Å². The van der Waals surface area contributed by atoms with E-state index in [-0.39, 0.29) is 4.90 Å². The molecule has 2 aromatic carbocycles. The Morgan fingerprint density at radius 1 is 0.962 bits per heavy atom. The van der Waals surface area contributed by atoms with E-state index < -0.39 is 10.0 Å². The number of nitrogens with zero attached hydrogens (tertiary/aromatic N) is 1. The van der Waals surface area contributed by atoms with E-state index in [0.29, 0.717) is 5.02 Å². The number of hydrogen-bond acceptors (Lipinski definition) is 2. The van der Waals surface area contributed by atoms with Crippen LogP contribution in [0.1, 0.15) is 17.8 Å². The number of hydrogen-bond donors (Lipinski definition) is 1. The molecule has 26 heavy (non-hydrogen) atoms. The highest BCUT2D eigenvalue weighted by molar-refractivity contribution is 7.89. The second-order valence-electron chi connectivity index (χ2n) is 6.61. The average Bonchev–Trinajstić information content (AvgIpc) is 3.17. The van der Waals surface area contributed by atoms with Crippen molar-refractivity contribution in [3.63, 3.8) is 0 Å². The van der Waals surface area contributed by atoms with Crippen molar-refractivity contribution in [2.24, 2.45) is 5.14 Å². The lowest BCUT2D eigenvalue weighted by Crippen LogP contribution is -2.11. The molecular weight excluding hydrogens is 368 g/mol. The van der Waals surface area contributed by atoms with Crippen molar-refractivity contribution < 1.29 is 8.42 Å². The van der Waals surface area contributed by atoms with Crippen LogP contribution in [-0.4, -0.2) is 13.0 Å². The highest BCUT2D eigenvalue weighted by Gasteiger charge is 2.25. The maximum absolute atomic E-state index is 11.6. The highest BCUT2D eigenvalue weighted by atomic mass is 35.5. The van der Waals surface area contributed by atoms with E-state index in [2.05, 4.69) is 11.5 Å². The quantitative estimate of drug-likeness (QED) is 0.726. The number of halogens is 1. The summed E-state index contributed by atoms with van der Waals surface area (Å²) in [6, 6.07) is 14.7. The van der Waals surface area contributed by atoms with Crippen molar-refractivity contribution in [1.82, 2.24) is 4.57 Å². The molecular formula is C20H19ClN2O2S. The molecule has 3 aromatic rings. The van der Waals surface area contributed by atoms with Crippen LogP contribution in [0, 0.1) is 6.92 Å². The molecule has 0 fully saturated rings. The van der Waals surface area contributed by atoms with E-state index >= 15 is 0 Å². The molecule has 0 amide bonds. The molecule has 4 nitrogen and oxygen atoms in total. The third-order valence-electron chi connectivity index (χ3n) is 5.03. The highest BCUT2D eigenvalue weighted by Crippen LogP contribution is 2.42. The van der Waals surface area contributed by atoms with Crippen LogP contribution in [0.4, 0.5) is 0 Å². The first-order valence-corrected chi connectivity index (χ1v) is 10.4. The predicted molar refractivity (Wildman–Crippen MR) is 105 cm³/mol. The predicted octanol–water partition coefficient (Wildman–Crippen LogP) is 4.38. The number of primary sulfonamides is 1. The molecule has 2 N–H and O–H groups in total. The Kier molecular flexibility index (Phi) is 4.18. The molecule has 4 rings (SSSR count). The standard InChI is InChI=1S/C20H19ClN2O2S/c1-13-19(14-4-8-16(21)9-5-14)20(18-3-2-12-23(13)18)15-6-10-17(11-7-15)26(22,24)25/h4-11H,2-3,12H2,1H3,(H2,22,24,25). The summed E-state index contributed by atoms with van der Waals surface area (Å²) in [5, 5.41) is 5.94. The van der Waals surface area contributed by atoms with E-state index in [4.69, 9.17) is 16.7 Å². The summed E-state index contributed by atoms with van der Waals surface area (Å²) in [6.07, 6.45) is 2.14. The van der Waals surface area contributed by atoms with Gasteiger partial charge in [0, 0.05) is 34.1 Å². The normalized spacial score (nSPS) is 13.8. The topological polar surface area (TPSA) is 65.1 Å². The Morgan fingerprint density at radius 3 is 2.15 bits per heavy atom. The van der Waals surface area contributed by atoms with E-state index in [1.165, 1.54) is 22.5 Å². The van der Waals surface area contributed by atoms with Gasteiger partial charge in [-0.25, -0.2) is 13.6 Å². The van der Waals surface area contributed by atoms with Gasteiger partial charge in [-0.15, -0.1) is 0 Å². The lowest BCUT2D eigenvalue weighted by atomic mass is 9.94. The van der Waals surface area contributed by atoms with Crippen molar-refractivity contribution in [1.29, 1.82) is 0 Å². The summed E-state index contributed by atoms with van der Waals surface area (Å²) < 4.78 is 25.5. The van der Waals surface area contributed by atoms with E-state index in [9.17, 15) is 8.42 Å². The maximum Gasteiger partial charge on any atom is 0.238 e. The number of fused-ring (bicyclic) bond motifs is 1. The number of sulfonamides is 1. The van der Waals surface area contributed by atoms with Gasteiger partial charge in [-0.1, -0.05) is 35.9 Å². The van der Waals surface area contributed by atoms with Gasteiger partial charge in [0.25, 0.3) is 0 Å². The summed E-state index contributed by atoms with van der Waals surface area (Å²) in [7, 11) is -3.69. The summed E-state index contributed by atoms with van der Waals surface area (Å²) in [5.41, 5.74) is 6.99. The molecule has 134 valence electrons. The zero-order valence-corrected chi connectivity index (χ0v) is 15.9. The van der Waals surface area contributed by atoms with Crippen LogP contribution in [0.25, 0.3) is 22.3 Å². The first-order chi connectivity index (χ1) is 12.4. The monoisotopic (exact) mass is 386 g/mol. The van der Waals surface area contributed by atoms with E-state index in [1.54, 1.807) is 12.1 Å². The number of aromatic nitrogens is 1. The van der Waals surface area contributed by atoms with Gasteiger partial charge in [-0.05, 0) is 55.2 Å². The largest absolute Gasteiger partial charge is 0.348 e. The fourth-order valence-corrected chi connectivity index (χ4v) is 4.50. The Hall–Kier alpha value is -2.08. The maximum atomic E-state index is 11.6. The van der Waals surface area contributed by atoms with Crippen LogP contribution in [0.5, 0.6) is 0 Å². The SMILES string of the molecule is Cc1c(-c2ccc(Cl)cc2)c(-c2ccc(S(N)(=O)=O)cc2)c2n1CCC2. The molecule has 0 saturated heterocycles. The number of nitrogens with two attached hydrogens (primary N) is 1. The zero-order valence-electron chi connectivity index (χ0n) is 14.4. The van der Waals surface area contributed by atoms with Crippen molar-refractivity contribution in [3.8, 4) is 22.3 Å². The van der Waals surface area contributed by atoms with Gasteiger partial charge in [-0.2, -0.15) is 0 Å². The van der Waals surface area contributed by atoms with Crippen LogP contribution in [-0.2, 0) is 23.0 Å². The average molecular weight is 387 g/mol. The molecule has 0 spiro atoms. The number of benzene rings is 2. The molecule has 0 saturated carbocycles. The summed E-state index contributed by atoms with van der Waals surface area (Å²) >= 11 is 6.06. The van der Waals surface area contributed by atoms with Crippen molar-refractivity contribution >= 4 is 21.6 Å². The van der Waals surface area contributed by atoms with Gasteiger partial charge in [0.1, 0.15) is 0 Å². The van der Waals surface area contributed by atoms with Gasteiger partial charge < -0.3 is 4.57 Å². The minimum Gasteiger partial charge on any atom is -0.348 e. The second kappa shape index (κ2) is 6.27. The number of rotatable bonds is 3. The Labute approximate surface area is 158 Å². The molecule has 1 aliphatic heterocycles. The van der Waals surface area contributed by atoms with Crippen LogP contribution >= 0.6 is 11.6 Å². The van der Waals surface area contributed by atoms with Crippen LogP contribution < -0.4 is 5.14 Å². The van der Waals surface area contributed by atoms with Gasteiger partial charge in [0.2, 0.25) is 10.0 Å². The molecule has 0 unspecified atom stereocenters. The van der Waals surface area contributed by atoms with Crippen molar-refractivity contribution in [2.75, 3.05) is 0 Å². The molecule has 0 bridgehead atoms. The molecule has 6 heteroatoms. The Morgan fingerprint density at radius 2 is 1.54 bits per heavy atom. The fraction of sp³-hybridized carbons (Fsp3) is 0.200. The third-order valence-corrected chi connectivity index (χ3v) is 6.21. The van der Waals surface area contributed by atoms with Gasteiger partial charge in [-0.3, -0.25) is 0 Å². The summed E-state index contributed by atoms with van der Waals surface area (Å²) in [4.78, 5) is 0.127. The first kappa shape index (κ1) is 17.3. The zero-order chi connectivity index (χ0) is 18.5. The minimum absolute atomic E-state index is 0.127. The van der Waals surface area contributed by atoms with Crippen molar-refractivity contribution in [3.05, 3.63) is 64.9 Å². The van der Waals surface area contributed by atoms with Crippen molar-refractivity contribution in [2.45, 2.75) is 31.2 Å². The fourth-order valence-electron chi connectivity index (χ4n) is 3.86. The van der Waals surface area contributed by atoms with E-state index in [0.717, 1.165) is 30.5 Å². The molecule has 2 heterocycles. The molecule has 1 aromatic heterocycles. The smallest absolute Gasteiger partial charge is 0.238 e. The molecule has 0 radical (unpaired) electrons. The van der Waals surface area contributed by atoms with Gasteiger partial charge >= 0.3 is 0 Å². The second-order valence-corrected chi connectivity index (χ2v) is 8.61. The van der Waals surface area contributed by atoms with Gasteiger partial charge in [0.05, 0.1) is 4.90 Å². The summed E-state index contributed by atoms with van der Waals surface area (Å²) in [6.45, 7) is 3.15. The Bertz CT molecular complexity index is 1080. The minimum atomic E-state index is -3.69. The van der Waals surface area contributed by atoms with E-state index in [1.807, 2.05) is 36.4 Å². The first-order valence-electron chi connectivity index (χ1n) is 8.47. The lowest BCUT2D eigenvalue weighted by molar-refractivity contribution is 0.598. The molecule has 1 aliphatic rings. The Balaban J connectivity index is 1.93. The van der Waals surface area contributed by atoms with Gasteiger partial charge in [0.15, 0.2) is 0 Å². The molecule has 0 aliphatic carbocycles. The summed E-state index contributed by atoms with van der Waals surface area (Å²) in [5.74, 6) is 0. The van der Waals surface area contributed by atoms with Crippen LogP contribution in [0.2, 0.25) is 5.02 Å². The lowest BCUT2D eigenvalue weighted by Gasteiger charge is -2.10. The van der Waals surface area contributed by atoms with Crippen LogP contribution in [0.15, 0.2) is 53.4 Å². The third kappa shape index (κ3) is 2.86. The molecule has 0 atom stereocenters.